The van der Waals surface area contributed by atoms with E-state index in [0.717, 1.165) is 16.3 Å². The summed E-state index contributed by atoms with van der Waals surface area (Å²) in [6.07, 6.45) is 0. The summed E-state index contributed by atoms with van der Waals surface area (Å²) in [6, 6.07) is 4.32. The van der Waals surface area contributed by atoms with Crippen molar-refractivity contribution in [2.75, 3.05) is 6.54 Å². The van der Waals surface area contributed by atoms with Gasteiger partial charge in [0.1, 0.15) is 5.82 Å². The molecule has 0 bridgehead atoms. The molecule has 90 valence electrons. The van der Waals surface area contributed by atoms with E-state index in [1.165, 1.54) is 12.1 Å². The van der Waals surface area contributed by atoms with Gasteiger partial charge in [-0.15, -0.1) is 11.3 Å². The Kier molecular flexibility index (Phi) is 3.76. The van der Waals surface area contributed by atoms with Crippen molar-refractivity contribution < 1.29 is 4.39 Å². The normalized spacial score (nSPS) is 12.7. The van der Waals surface area contributed by atoms with Gasteiger partial charge in [0.2, 0.25) is 0 Å². The molecular weight excluding hydrogens is 259 g/mol. The zero-order valence-electron chi connectivity index (χ0n) is 9.28. The summed E-state index contributed by atoms with van der Waals surface area (Å²) in [7, 11) is 0. The predicted molar refractivity (Wildman–Crippen MR) is 70.0 cm³/mol. The molecule has 0 amide bonds. The predicted octanol–water partition coefficient (Wildman–Crippen LogP) is 3.66. The zero-order chi connectivity index (χ0) is 12.4. The van der Waals surface area contributed by atoms with Crippen LogP contribution in [0, 0.1) is 5.82 Å². The highest BCUT2D eigenvalue weighted by molar-refractivity contribution is 7.10. The van der Waals surface area contributed by atoms with Crippen LogP contribution in [0.3, 0.4) is 0 Å². The number of nitrogens with two attached hydrogens (primary N) is 1. The third kappa shape index (κ3) is 2.65. The van der Waals surface area contributed by atoms with Crippen LogP contribution in [-0.4, -0.2) is 11.5 Å². The molecule has 17 heavy (non-hydrogen) atoms. The molecule has 0 saturated heterocycles. The molecule has 2 rings (SSSR count). The average molecular weight is 271 g/mol. The van der Waals surface area contributed by atoms with Crippen molar-refractivity contribution >= 4 is 22.9 Å². The molecule has 0 aliphatic carbocycles. The van der Waals surface area contributed by atoms with Crippen molar-refractivity contribution in [1.29, 1.82) is 0 Å². The van der Waals surface area contributed by atoms with Gasteiger partial charge in [-0.2, -0.15) is 0 Å². The minimum atomic E-state index is -0.343. The van der Waals surface area contributed by atoms with Gasteiger partial charge in [-0.3, -0.25) is 0 Å². The smallest absolute Gasteiger partial charge is 0.124 e. The fourth-order valence-electron chi connectivity index (χ4n) is 1.44. The van der Waals surface area contributed by atoms with E-state index in [9.17, 15) is 4.39 Å². The minimum absolute atomic E-state index is 0.230. The van der Waals surface area contributed by atoms with Crippen LogP contribution >= 0.6 is 22.9 Å². The topological polar surface area (TPSA) is 38.9 Å². The SMILES string of the molecule is CC(CN)c1nc(-c2ccc(F)cc2Cl)cs1. The standard InChI is InChI=1S/C12H12ClFN2S/c1-7(5-15)12-16-11(6-17-12)9-3-2-8(14)4-10(9)13/h2-4,6-7H,5,15H2,1H3. The molecule has 1 unspecified atom stereocenters. The molecule has 5 heteroatoms. The lowest BCUT2D eigenvalue weighted by atomic mass is 10.1. The lowest BCUT2D eigenvalue weighted by Crippen LogP contribution is -2.08. The Morgan fingerprint density at radius 2 is 2.29 bits per heavy atom. The van der Waals surface area contributed by atoms with Crippen LogP contribution in [0.1, 0.15) is 17.8 Å². The second-order valence-electron chi connectivity index (χ2n) is 3.83. The van der Waals surface area contributed by atoms with Crippen LogP contribution in [0.25, 0.3) is 11.3 Å². The van der Waals surface area contributed by atoms with Crippen molar-refractivity contribution in [3.8, 4) is 11.3 Å². The summed E-state index contributed by atoms with van der Waals surface area (Å²) in [4.78, 5) is 4.47. The molecule has 1 aromatic heterocycles. The molecule has 0 fully saturated rings. The fraction of sp³-hybridized carbons (Fsp3) is 0.250. The van der Waals surface area contributed by atoms with Gasteiger partial charge in [0, 0.05) is 23.4 Å². The second kappa shape index (κ2) is 5.12. The second-order valence-corrected chi connectivity index (χ2v) is 5.13. The van der Waals surface area contributed by atoms with Crippen LogP contribution in [0.15, 0.2) is 23.6 Å². The lowest BCUT2D eigenvalue weighted by molar-refractivity contribution is 0.628. The Hall–Kier alpha value is -0.970. The van der Waals surface area contributed by atoms with Crippen molar-refractivity contribution in [3.05, 3.63) is 39.4 Å². The summed E-state index contributed by atoms with van der Waals surface area (Å²) in [5.41, 5.74) is 7.12. The van der Waals surface area contributed by atoms with Gasteiger partial charge >= 0.3 is 0 Å². The fourth-order valence-corrected chi connectivity index (χ4v) is 2.59. The van der Waals surface area contributed by atoms with Gasteiger partial charge in [-0.05, 0) is 18.2 Å². The number of aromatic nitrogens is 1. The maximum atomic E-state index is 12.9. The van der Waals surface area contributed by atoms with Crippen molar-refractivity contribution in [1.82, 2.24) is 4.98 Å². The summed E-state index contributed by atoms with van der Waals surface area (Å²) in [5, 5.41) is 3.27. The molecule has 0 spiro atoms. The number of hydrogen-bond acceptors (Lipinski definition) is 3. The highest BCUT2D eigenvalue weighted by Crippen LogP contribution is 2.31. The summed E-state index contributed by atoms with van der Waals surface area (Å²) in [6.45, 7) is 2.58. The maximum Gasteiger partial charge on any atom is 0.124 e. The monoisotopic (exact) mass is 270 g/mol. The number of hydrogen-bond donors (Lipinski definition) is 1. The molecular formula is C12H12ClFN2S. The Bertz CT molecular complexity index is 527. The van der Waals surface area contributed by atoms with Crippen molar-refractivity contribution in [2.45, 2.75) is 12.8 Å². The molecule has 2 N–H and O–H groups in total. The first kappa shape index (κ1) is 12.5. The highest BCUT2D eigenvalue weighted by atomic mass is 35.5. The zero-order valence-corrected chi connectivity index (χ0v) is 10.9. The van der Waals surface area contributed by atoms with Gasteiger partial charge < -0.3 is 5.73 Å². The van der Waals surface area contributed by atoms with Gasteiger partial charge in [0.05, 0.1) is 15.7 Å². The van der Waals surface area contributed by atoms with E-state index in [-0.39, 0.29) is 11.7 Å². The average Bonchev–Trinajstić information content (AvgIpc) is 2.77. The Balaban J connectivity index is 2.37. The molecule has 0 aliphatic rings. The first-order chi connectivity index (χ1) is 8.11. The quantitative estimate of drug-likeness (QED) is 0.924. The Labute approximate surface area is 108 Å². The molecule has 0 aliphatic heterocycles. The van der Waals surface area contributed by atoms with E-state index in [2.05, 4.69) is 4.98 Å². The minimum Gasteiger partial charge on any atom is -0.330 e. The number of nitrogens with zero attached hydrogens (tertiary/aromatic N) is 1. The number of halogens is 2. The number of benzene rings is 1. The molecule has 2 aromatic rings. The van der Waals surface area contributed by atoms with E-state index in [1.54, 1.807) is 17.4 Å². The third-order valence-corrected chi connectivity index (χ3v) is 3.89. The van der Waals surface area contributed by atoms with E-state index in [1.807, 2.05) is 12.3 Å². The largest absolute Gasteiger partial charge is 0.330 e. The first-order valence-corrected chi connectivity index (χ1v) is 6.48. The van der Waals surface area contributed by atoms with E-state index >= 15 is 0 Å². The van der Waals surface area contributed by atoms with Gasteiger partial charge in [0.15, 0.2) is 0 Å². The first-order valence-electron chi connectivity index (χ1n) is 5.22. The van der Waals surface area contributed by atoms with E-state index in [4.69, 9.17) is 17.3 Å². The Morgan fingerprint density at radius 3 is 2.94 bits per heavy atom. The van der Waals surface area contributed by atoms with Crippen molar-refractivity contribution in [2.24, 2.45) is 5.73 Å². The van der Waals surface area contributed by atoms with Gasteiger partial charge in [-0.25, -0.2) is 9.37 Å². The molecule has 2 nitrogen and oxygen atoms in total. The summed E-state index contributed by atoms with van der Waals surface area (Å²) >= 11 is 7.53. The third-order valence-electron chi connectivity index (χ3n) is 2.50. The van der Waals surface area contributed by atoms with Crippen molar-refractivity contribution in [3.63, 3.8) is 0 Å². The molecule has 1 atom stereocenters. The molecule has 0 radical (unpaired) electrons. The lowest BCUT2D eigenvalue weighted by Gasteiger charge is -2.03. The van der Waals surface area contributed by atoms with Gasteiger partial charge in [-0.1, -0.05) is 18.5 Å². The summed E-state index contributed by atoms with van der Waals surface area (Å²) < 4.78 is 12.9. The van der Waals surface area contributed by atoms with Gasteiger partial charge in [0.25, 0.3) is 0 Å². The number of rotatable bonds is 3. The van der Waals surface area contributed by atoms with Crippen LogP contribution in [0.2, 0.25) is 5.02 Å². The molecule has 1 aromatic carbocycles. The van der Waals surface area contributed by atoms with E-state index < -0.39 is 0 Å². The Morgan fingerprint density at radius 1 is 1.53 bits per heavy atom. The van der Waals surface area contributed by atoms with Crippen LogP contribution in [0.5, 0.6) is 0 Å². The van der Waals surface area contributed by atoms with Crippen LogP contribution in [0.4, 0.5) is 4.39 Å². The maximum absolute atomic E-state index is 12.9. The van der Waals surface area contributed by atoms with E-state index in [0.29, 0.717) is 11.6 Å². The number of thiazole rings is 1. The molecule has 0 saturated carbocycles. The molecule has 1 heterocycles. The van der Waals surface area contributed by atoms with Crippen LogP contribution < -0.4 is 5.73 Å². The van der Waals surface area contributed by atoms with Crippen LogP contribution in [-0.2, 0) is 0 Å². The summed E-state index contributed by atoms with van der Waals surface area (Å²) in [5.74, 6) is -0.113. The highest BCUT2D eigenvalue weighted by Gasteiger charge is 2.12.